The predicted octanol–water partition coefficient (Wildman–Crippen LogP) is 3.51. The third-order valence-corrected chi connectivity index (χ3v) is 5.52. The number of rotatable bonds is 5. The molecule has 0 saturated carbocycles. The molecule has 1 aromatic rings. The van der Waals surface area contributed by atoms with Crippen LogP contribution in [0.2, 0.25) is 0 Å². The van der Waals surface area contributed by atoms with Crippen molar-refractivity contribution < 1.29 is 46.1 Å². The number of carboxylic acid groups (broad SMARTS) is 1. The zero-order chi connectivity index (χ0) is 20.9. The molecule has 2 saturated heterocycles. The second-order valence-corrected chi connectivity index (χ2v) is 7.29. The van der Waals surface area contributed by atoms with Crippen LogP contribution in [0.5, 0.6) is 5.75 Å². The first-order valence-electron chi connectivity index (χ1n) is 8.63. The largest absolute Gasteiger partial charge is 0.490 e. The second-order valence-electron chi connectivity index (χ2n) is 7.29. The minimum absolute atomic E-state index is 0.0381. The van der Waals surface area contributed by atoms with E-state index in [0.29, 0.717) is 13.2 Å². The van der Waals surface area contributed by atoms with Gasteiger partial charge in [0, 0.05) is 23.3 Å². The Morgan fingerprint density at radius 1 is 1.32 bits per heavy atom. The highest BCUT2D eigenvalue weighted by Gasteiger charge is 2.66. The normalized spacial score (nSPS) is 30.9. The molecule has 10 heteroatoms. The molecule has 0 spiro atoms. The van der Waals surface area contributed by atoms with E-state index in [0.717, 1.165) is 19.1 Å². The van der Waals surface area contributed by atoms with Crippen LogP contribution < -0.4 is 4.74 Å². The van der Waals surface area contributed by atoms with Gasteiger partial charge in [-0.25, -0.2) is 9.18 Å². The van der Waals surface area contributed by atoms with Gasteiger partial charge < -0.3 is 19.3 Å². The number of benzene rings is 1. The lowest BCUT2D eigenvalue weighted by molar-refractivity contribution is -0.273. The van der Waals surface area contributed by atoms with E-state index < -0.39 is 53.1 Å². The summed E-state index contributed by atoms with van der Waals surface area (Å²) in [6, 6.07) is 1.78. The molecule has 2 heterocycles. The van der Waals surface area contributed by atoms with Crippen LogP contribution in [0.1, 0.15) is 25.3 Å². The van der Waals surface area contributed by atoms with Gasteiger partial charge in [0.15, 0.2) is 23.3 Å². The summed E-state index contributed by atoms with van der Waals surface area (Å²) in [5, 5.41) is 9.42. The van der Waals surface area contributed by atoms with Crippen LogP contribution in [-0.2, 0) is 14.3 Å². The molecular formula is C18H19F5O5. The van der Waals surface area contributed by atoms with Crippen molar-refractivity contribution in [3.8, 4) is 5.75 Å². The van der Waals surface area contributed by atoms with Gasteiger partial charge >= 0.3 is 12.1 Å². The van der Waals surface area contributed by atoms with E-state index in [9.17, 15) is 31.9 Å². The standard InChI is InChI=1S/C18H19F5O5/c1-8-12(15(16(24)25)28-17(8,2)18(21,22)23)10-3-4-11(19)13(20)14(10)27-7-9-5-26-6-9/h3-4,8-9,12,15H,5-7H2,1-2H3,(H,24,25)/t8-,12-,15+,17+/m0/s1. The van der Waals surface area contributed by atoms with Crippen molar-refractivity contribution in [3.63, 3.8) is 0 Å². The highest BCUT2D eigenvalue weighted by molar-refractivity contribution is 5.75. The lowest BCUT2D eigenvalue weighted by Gasteiger charge is -2.32. The van der Waals surface area contributed by atoms with Gasteiger partial charge in [0.2, 0.25) is 5.82 Å². The molecule has 3 rings (SSSR count). The summed E-state index contributed by atoms with van der Waals surface area (Å²) in [5.74, 6) is -7.71. The van der Waals surface area contributed by atoms with E-state index in [1.807, 2.05) is 0 Å². The minimum atomic E-state index is -4.86. The molecule has 0 radical (unpaired) electrons. The van der Waals surface area contributed by atoms with E-state index in [-0.39, 0.29) is 18.1 Å². The summed E-state index contributed by atoms with van der Waals surface area (Å²) in [6.45, 7) is 2.60. The van der Waals surface area contributed by atoms with Crippen LogP contribution in [0.3, 0.4) is 0 Å². The minimum Gasteiger partial charge on any atom is -0.490 e. The molecular weight excluding hydrogens is 391 g/mol. The van der Waals surface area contributed by atoms with Crippen molar-refractivity contribution in [2.45, 2.75) is 37.6 Å². The second kappa shape index (κ2) is 7.14. The van der Waals surface area contributed by atoms with Gasteiger partial charge in [0.05, 0.1) is 19.8 Å². The maximum atomic E-state index is 14.4. The first kappa shape index (κ1) is 20.8. The van der Waals surface area contributed by atoms with Crippen LogP contribution >= 0.6 is 0 Å². The Morgan fingerprint density at radius 3 is 2.46 bits per heavy atom. The summed E-state index contributed by atoms with van der Waals surface area (Å²) in [4.78, 5) is 11.6. The van der Waals surface area contributed by atoms with E-state index in [1.54, 1.807) is 0 Å². The first-order valence-corrected chi connectivity index (χ1v) is 8.63. The van der Waals surface area contributed by atoms with Crippen LogP contribution in [0.25, 0.3) is 0 Å². The van der Waals surface area contributed by atoms with E-state index >= 15 is 0 Å². The predicted molar refractivity (Wildman–Crippen MR) is 85.0 cm³/mol. The van der Waals surface area contributed by atoms with Gasteiger partial charge in [0.25, 0.3) is 0 Å². The molecule has 2 fully saturated rings. The van der Waals surface area contributed by atoms with Gasteiger partial charge in [-0.2, -0.15) is 17.6 Å². The molecule has 2 aliphatic heterocycles. The highest BCUT2D eigenvalue weighted by Crippen LogP contribution is 2.54. The Bertz CT molecular complexity index is 763. The molecule has 1 aromatic carbocycles. The first-order chi connectivity index (χ1) is 13.0. The molecule has 28 heavy (non-hydrogen) atoms. The number of alkyl halides is 3. The molecule has 5 nitrogen and oxygen atoms in total. The third-order valence-electron chi connectivity index (χ3n) is 5.52. The van der Waals surface area contributed by atoms with Gasteiger partial charge in [-0.1, -0.05) is 13.0 Å². The average Bonchev–Trinajstić information content (AvgIpc) is 2.83. The molecule has 1 N–H and O–H groups in total. The molecule has 0 amide bonds. The monoisotopic (exact) mass is 410 g/mol. The van der Waals surface area contributed by atoms with Crippen LogP contribution in [0.4, 0.5) is 22.0 Å². The fourth-order valence-corrected chi connectivity index (χ4v) is 3.55. The number of hydrogen-bond donors (Lipinski definition) is 1. The number of ether oxygens (including phenoxy) is 3. The van der Waals surface area contributed by atoms with Gasteiger partial charge in [-0.3, -0.25) is 0 Å². The molecule has 156 valence electrons. The van der Waals surface area contributed by atoms with Crippen molar-refractivity contribution in [2.24, 2.45) is 11.8 Å². The van der Waals surface area contributed by atoms with Gasteiger partial charge in [-0.05, 0) is 13.0 Å². The zero-order valence-corrected chi connectivity index (χ0v) is 15.1. The summed E-state index contributed by atoms with van der Waals surface area (Å²) in [7, 11) is 0. The van der Waals surface area contributed by atoms with Gasteiger partial charge in [-0.15, -0.1) is 0 Å². The molecule has 2 aliphatic rings. The Hall–Kier alpha value is -1.94. The van der Waals surface area contributed by atoms with Crippen LogP contribution in [0.15, 0.2) is 12.1 Å². The number of carboxylic acids is 1. The highest BCUT2D eigenvalue weighted by atomic mass is 19.4. The summed E-state index contributed by atoms with van der Waals surface area (Å²) < 4.78 is 84.2. The Morgan fingerprint density at radius 2 is 1.96 bits per heavy atom. The third kappa shape index (κ3) is 3.32. The number of aliphatic carboxylic acids is 1. The van der Waals surface area contributed by atoms with E-state index in [4.69, 9.17) is 14.2 Å². The Labute approximate surface area is 157 Å². The SMILES string of the molecule is C[C@H]1[C@@H](c2ccc(F)c(F)c2OCC2COC2)[C@H](C(=O)O)O[C@@]1(C)C(F)(F)F. The Kier molecular flexibility index (Phi) is 5.30. The molecule has 0 unspecified atom stereocenters. The van der Waals surface area contributed by atoms with Gasteiger partial charge in [0.1, 0.15) is 0 Å². The summed E-state index contributed by atoms with van der Waals surface area (Å²) >= 11 is 0. The van der Waals surface area contributed by atoms with Crippen LogP contribution in [-0.4, -0.2) is 48.8 Å². The molecule has 4 atom stereocenters. The fourth-order valence-electron chi connectivity index (χ4n) is 3.55. The van der Waals surface area contributed by atoms with Crippen molar-refractivity contribution >= 4 is 5.97 Å². The fraction of sp³-hybridized carbons (Fsp3) is 0.611. The quantitative estimate of drug-likeness (QED) is 0.753. The molecule has 0 aromatic heterocycles. The lowest BCUT2D eigenvalue weighted by Crippen LogP contribution is -2.47. The molecule has 0 aliphatic carbocycles. The molecule has 0 bridgehead atoms. The summed E-state index contributed by atoms with van der Waals surface area (Å²) in [5.41, 5.74) is -2.95. The van der Waals surface area contributed by atoms with E-state index in [2.05, 4.69) is 0 Å². The van der Waals surface area contributed by atoms with Crippen molar-refractivity contribution in [2.75, 3.05) is 19.8 Å². The number of carbonyl (C=O) groups is 1. The zero-order valence-electron chi connectivity index (χ0n) is 15.1. The topological polar surface area (TPSA) is 65.0 Å². The lowest BCUT2D eigenvalue weighted by atomic mass is 9.77. The van der Waals surface area contributed by atoms with Crippen molar-refractivity contribution in [3.05, 3.63) is 29.3 Å². The maximum absolute atomic E-state index is 14.4. The number of halogens is 5. The van der Waals surface area contributed by atoms with Crippen LogP contribution in [0, 0.1) is 23.5 Å². The van der Waals surface area contributed by atoms with Crippen molar-refractivity contribution in [1.29, 1.82) is 0 Å². The smallest absolute Gasteiger partial charge is 0.417 e. The van der Waals surface area contributed by atoms with Crippen molar-refractivity contribution in [1.82, 2.24) is 0 Å². The summed E-state index contributed by atoms with van der Waals surface area (Å²) in [6.07, 6.45) is -6.77. The number of hydrogen-bond acceptors (Lipinski definition) is 4. The Balaban J connectivity index is 2.04. The van der Waals surface area contributed by atoms with E-state index in [1.165, 1.54) is 6.92 Å². The average molecular weight is 410 g/mol. The maximum Gasteiger partial charge on any atom is 0.417 e.